The molecule has 0 unspecified atom stereocenters. The molecule has 0 amide bonds. The molecular weight excluding hydrogens is 162 g/mol. The van der Waals surface area contributed by atoms with Crippen molar-refractivity contribution >= 4 is 5.52 Å². The third-order valence-electron chi connectivity index (χ3n) is 2.02. The topological polar surface area (TPSA) is 30.2 Å². The summed E-state index contributed by atoms with van der Waals surface area (Å²) in [5.74, 6) is 0.638. The van der Waals surface area contributed by atoms with Crippen LogP contribution in [0.4, 0.5) is 0 Å². The summed E-state index contributed by atoms with van der Waals surface area (Å²) in [6.07, 6.45) is 8.42. The fourth-order valence-corrected chi connectivity index (χ4v) is 1.44. The van der Waals surface area contributed by atoms with Gasteiger partial charge in [0, 0.05) is 12.4 Å². The molecule has 0 aromatic carbocycles. The van der Waals surface area contributed by atoms with Crippen LogP contribution in [0.15, 0.2) is 24.9 Å². The Hall–Kier alpha value is -1.38. The first-order valence-corrected chi connectivity index (χ1v) is 4.53. The van der Waals surface area contributed by atoms with Gasteiger partial charge >= 0.3 is 0 Å². The summed E-state index contributed by atoms with van der Waals surface area (Å²) in [6.45, 7) is 4.39. The molecule has 0 spiro atoms. The first-order chi connectivity index (χ1) is 6.27. The third kappa shape index (κ3) is 1.54. The molecule has 0 aliphatic rings. The monoisotopic (exact) mass is 175 g/mol. The van der Waals surface area contributed by atoms with Crippen molar-refractivity contribution in [1.29, 1.82) is 0 Å². The van der Waals surface area contributed by atoms with Gasteiger partial charge in [-0.25, -0.2) is 4.98 Å². The zero-order chi connectivity index (χ0) is 9.26. The molecule has 3 heteroatoms. The van der Waals surface area contributed by atoms with Crippen molar-refractivity contribution in [2.45, 2.75) is 20.3 Å². The Morgan fingerprint density at radius 1 is 1.46 bits per heavy atom. The van der Waals surface area contributed by atoms with Crippen LogP contribution in [0.25, 0.3) is 5.52 Å². The zero-order valence-corrected chi connectivity index (χ0v) is 7.94. The van der Waals surface area contributed by atoms with Gasteiger partial charge in [0.2, 0.25) is 0 Å². The highest BCUT2D eigenvalue weighted by Gasteiger charge is 2.05. The van der Waals surface area contributed by atoms with Crippen LogP contribution in [0.5, 0.6) is 0 Å². The Bertz CT molecular complexity index is 403. The number of fused-ring (bicyclic) bond motifs is 1. The first-order valence-electron chi connectivity index (χ1n) is 4.53. The van der Waals surface area contributed by atoms with Gasteiger partial charge in [-0.15, -0.1) is 0 Å². The molecule has 0 saturated carbocycles. The molecule has 3 nitrogen and oxygen atoms in total. The quantitative estimate of drug-likeness (QED) is 0.698. The van der Waals surface area contributed by atoms with E-state index in [0.29, 0.717) is 5.92 Å². The Morgan fingerprint density at radius 2 is 2.31 bits per heavy atom. The van der Waals surface area contributed by atoms with Gasteiger partial charge in [0.05, 0.1) is 23.7 Å². The average molecular weight is 175 g/mol. The number of nitrogens with zero attached hydrogens (tertiary/aromatic N) is 3. The standard InChI is InChI=1S/C10H13N3/c1-8(2)5-9-10-6-11-3-4-13(10)7-12-9/h3-4,6-8H,5H2,1-2H3. The van der Waals surface area contributed by atoms with Crippen molar-refractivity contribution in [2.75, 3.05) is 0 Å². The molecule has 0 aliphatic carbocycles. The molecule has 0 N–H and O–H groups in total. The summed E-state index contributed by atoms with van der Waals surface area (Å²) in [5.41, 5.74) is 2.26. The Morgan fingerprint density at radius 3 is 3.08 bits per heavy atom. The van der Waals surface area contributed by atoms with E-state index in [-0.39, 0.29) is 0 Å². The van der Waals surface area contributed by atoms with Crippen LogP contribution >= 0.6 is 0 Å². The van der Waals surface area contributed by atoms with Crippen molar-refractivity contribution in [2.24, 2.45) is 5.92 Å². The minimum atomic E-state index is 0.638. The Labute approximate surface area is 77.4 Å². The van der Waals surface area contributed by atoms with Crippen LogP contribution in [0, 0.1) is 5.92 Å². The molecule has 2 heterocycles. The molecule has 0 aliphatic heterocycles. The van der Waals surface area contributed by atoms with Gasteiger partial charge in [-0.05, 0) is 12.3 Å². The van der Waals surface area contributed by atoms with Gasteiger partial charge < -0.3 is 4.40 Å². The van der Waals surface area contributed by atoms with Crippen LogP contribution in [-0.2, 0) is 6.42 Å². The number of hydrogen-bond donors (Lipinski definition) is 0. The molecule has 0 fully saturated rings. The fourth-order valence-electron chi connectivity index (χ4n) is 1.44. The van der Waals surface area contributed by atoms with E-state index in [4.69, 9.17) is 0 Å². The molecule has 0 atom stereocenters. The molecule has 0 radical (unpaired) electrons. The van der Waals surface area contributed by atoms with Crippen molar-refractivity contribution < 1.29 is 0 Å². The van der Waals surface area contributed by atoms with E-state index in [1.165, 1.54) is 0 Å². The number of aromatic nitrogens is 3. The summed E-state index contributed by atoms with van der Waals surface area (Å²) in [7, 11) is 0. The van der Waals surface area contributed by atoms with Gasteiger partial charge in [0.1, 0.15) is 0 Å². The van der Waals surface area contributed by atoms with Crippen LogP contribution in [0.1, 0.15) is 19.5 Å². The fraction of sp³-hybridized carbons (Fsp3) is 0.400. The highest BCUT2D eigenvalue weighted by Crippen LogP contribution is 2.11. The van der Waals surface area contributed by atoms with E-state index >= 15 is 0 Å². The highest BCUT2D eigenvalue weighted by molar-refractivity contribution is 5.49. The summed E-state index contributed by atoms with van der Waals surface area (Å²) in [5, 5.41) is 0. The summed E-state index contributed by atoms with van der Waals surface area (Å²) >= 11 is 0. The van der Waals surface area contributed by atoms with Crippen LogP contribution in [0.3, 0.4) is 0 Å². The zero-order valence-electron chi connectivity index (χ0n) is 7.94. The molecule has 2 rings (SSSR count). The average Bonchev–Trinajstić information content (AvgIpc) is 2.48. The van der Waals surface area contributed by atoms with Gasteiger partial charge in [-0.3, -0.25) is 4.98 Å². The normalized spacial score (nSPS) is 11.3. The van der Waals surface area contributed by atoms with Crippen molar-refractivity contribution in [3.8, 4) is 0 Å². The molecule has 2 aromatic heterocycles. The summed E-state index contributed by atoms with van der Waals surface area (Å²) in [6, 6.07) is 0. The van der Waals surface area contributed by atoms with E-state index in [0.717, 1.165) is 17.6 Å². The maximum absolute atomic E-state index is 4.36. The predicted molar refractivity (Wildman–Crippen MR) is 51.5 cm³/mol. The predicted octanol–water partition coefficient (Wildman–Crippen LogP) is 1.93. The largest absolute Gasteiger partial charge is 0.303 e. The minimum Gasteiger partial charge on any atom is -0.303 e. The second-order valence-electron chi connectivity index (χ2n) is 3.66. The van der Waals surface area contributed by atoms with Gasteiger partial charge in [-0.1, -0.05) is 13.8 Å². The van der Waals surface area contributed by atoms with Crippen LogP contribution in [-0.4, -0.2) is 14.4 Å². The molecule has 2 aromatic rings. The van der Waals surface area contributed by atoms with Gasteiger partial charge in [0.15, 0.2) is 0 Å². The lowest BCUT2D eigenvalue weighted by atomic mass is 10.1. The number of rotatable bonds is 2. The lowest BCUT2D eigenvalue weighted by Gasteiger charge is -2.00. The molecule has 0 bridgehead atoms. The van der Waals surface area contributed by atoms with Gasteiger partial charge in [0.25, 0.3) is 0 Å². The third-order valence-corrected chi connectivity index (χ3v) is 2.02. The van der Waals surface area contributed by atoms with E-state index < -0.39 is 0 Å². The lowest BCUT2D eigenvalue weighted by molar-refractivity contribution is 0.640. The van der Waals surface area contributed by atoms with E-state index in [1.54, 1.807) is 6.20 Å². The Balaban J connectivity index is 2.46. The number of hydrogen-bond acceptors (Lipinski definition) is 2. The summed E-state index contributed by atoms with van der Waals surface area (Å²) < 4.78 is 2.00. The molecular formula is C10H13N3. The molecule has 68 valence electrons. The highest BCUT2D eigenvalue weighted by atomic mass is 15.0. The minimum absolute atomic E-state index is 0.638. The maximum Gasteiger partial charge on any atom is 0.0996 e. The van der Waals surface area contributed by atoms with E-state index in [9.17, 15) is 0 Å². The molecule has 13 heavy (non-hydrogen) atoms. The second kappa shape index (κ2) is 3.17. The van der Waals surface area contributed by atoms with Crippen molar-refractivity contribution in [1.82, 2.24) is 14.4 Å². The summed E-state index contributed by atoms with van der Waals surface area (Å²) in [4.78, 5) is 8.45. The maximum atomic E-state index is 4.36. The van der Waals surface area contributed by atoms with E-state index in [2.05, 4.69) is 23.8 Å². The Kier molecular flexibility index (Phi) is 2.00. The first kappa shape index (κ1) is 8.23. The van der Waals surface area contributed by atoms with Crippen LogP contribution < -0.4 is 0 Å². The second-order valence-corrected chi connectivity index (χ2v) is 3.66. The van der Waals surface area contributed by atoms with Gasteiger partial charge in [-0.2, -0.15) is 0 Å². The SMILES string of the molecule is CC(C)Cc1ncn2ccncc12. The smallest absolute Gasteiger partial charge is 0.0996 e. The van der Waals surface area contributed by atoms with Crippen molar-refractivity contribution in [3.63, 3.8) is 0 Å². The number of imidazole rings is 1. The van der Waals surface area contributed by atoms with E-state index in [1.807, 2.05) is 23.1 Å². The van der Waals surface area contributed by atoms with Crippen LogP contribution in [0.2, 0.25) is 0 Å². The molecule has 0 saturated heterocycles. The van der Waals surface area contributed by atoms with Crippen molar-refractivity contribution in [3.05, 3.63) is 30.6 Å². The lowest BCUT2D eigenvalue weighted by Crippen LogP contribution is -1.95.